The van der Waals surface area contributed by atoms with Gasteiger partial charge in [-0.05, 0) is 103 Å². The lowest BCUT2D eigenvalue weighted by Gasteiger charge is -2.35. The summed E-state index contributed by atoms with van der Waals surface area (Å²) in [6.07, 6.45) is 12.4. The summed E-state index contributed by atoms with van der Waals surface area (Å²) in [6.45, 7) is 14.6. The van der Waals surface area contributed by atoms with Gasteiger partial charge in [0.05, 0.1) is 29.7 Å². The van der Waals surface area contributed by atoms with E-state index in [2.05, 4.69) is 59.8 Å². The number of carbonyl (C=O) groups excluding carboxylic acids is 4. The van der Waals surface area contributed by atoms with Gasteiger partial charge in [0, 0.05) is 107 Å². The number of aliphatic imine (C=N–C) groups is 1. The number of thioether (sulfide) groups is 1. The molecule has 1 aliphatic carbocycles. The first-order valence-corrected chi connectivity index (χ1v) is 29.9. The van der Waals surface area contributed by atoms with Crippen LogP contribution in [0.5, 0.6) is 11.8 Å². The second-order valence-electron chi connectivity index (χ2n) is 23.8. The number of nitrogens with one attached hydrogen (secondary N) is 3. The molecule has 4 fully saturated rings. The maximum absolute atomic E-state index is 17.1. The first-order chi connectivity index (χ1) is 38.9. The van der Waals surface area contributed by atoms with Crippen molar-refractivity contribution in [2.24, 2.45) is 16.3 Å². The number of aliphatic hydroxyl groups is 1. The van der Waals surface area contributed by atoms with Crippen LogP contribution < -0.4 is 25.6 Å². The molecule has 5 N–H and O–H groups in total. The molecule has 6 unspecified atom stereocenters. The highest BCUT2D eigenvalue weighted by molar-refractivity contribution is 8.13. The lowest BCUT2D eigenvalue weighted by Crippen LogP contribution is -2.57. The van der Waals surface area contributed by atoms with Crippen molar-refractivity contribution in [2.45, 2.75) is 140 Å². The Balaban J connectivity index is 0.679. The van der Waals surface area contributed by atoms with Crippen molar-refractivity contribution < 1.29 is 42.9 Å². The highest BCUT2D eigenvalue weighted by atomic mass is 32.2. The first-order valence-electron chi connectivity index (χ1n) is 29.0. The lowest BCUT2D eigenvalue weighted by molar-refractivity contribution is -0.144. The second kappa shape index (κ2) is 25.1. The summed E-state index contributed by atoms with van der Waals surface area (Å²) in [5.41, 5.74) is 2.86. The minimum atomic E-state index is -0.937. The molecule has 0 radical (unpaired) electrons. The molecule has 4 aromatic rings. The molecule has 8 atom stereocenters. The molecule has 2 aromatic heterocycles. The van der Waals surface area contributed by atoms with E-state index in [0.717, 1.165) is 24.8 Å². The van der Waals surface area contributed by atoms with Crippen LogP contribution in [0, 0.1) is 23.0 Å². The number of phenolic OH excluding ortho intramolecular Hbond substituents is 1. The van der Waals surface area contributed by atoms with E-state index >= 15 is 8.78 Å². The number of aliphatic hydroxyl groups excluding tert-OH is 1. The fourth-order valence-electron chi connectivity index (χ4n) is 12.5. The van der Waals surface area contributed by atoms with Gasteiger partial charge < -0.3 is 45.6 Å². The number of ether oxygens (including phenoxy) is 1. The number of aromatic hydroxyl groups is 1. The second-order valence-corrected chi connectivity index (χ2v) is 24.8. The molecule has 5 aliphatic heterocycles. The molecule has 4 amide bonds. The minimum Gasteiger partial charge on any atom is -0.508 e. The molecular formula is C60H77F2N11O7S. The van der Waals surface area contributed by atoms with Gasteiger partial charge in [-0.2, -0.15) is 9.97 Å². The molecule has 21 heteroatoms. The van der Waals surface area contributed by atoms with E-state index < -0.39 is 41.1 Å². The number of rotatable bonds is 19. The molecule has 0 spiro atoms. The van der Waals surface area contributed by atoms with Gasteiger partial charge in [0.2, 0.25) is 23.6 Å². The molecule has 4 saturated heterocycles. The number of hydrogen-bond donors (Lipinski definition) is 5. The number of benzene rings is 2. The topological polar surface area (TPSA) is 218 Å². The fourth-order valence-corrected chi connectivity index (χ4v) is 13.6. The van der Waals surface area contributed by atoms with Crippen molar-refractivity contribution in [3.8, 4) is 23.0 Å². The van der Waals surface area contributed by atoms with Gasteiger partial charge in [0.25, 0.3) is 0 Å². The number of pyridine rings is 1. The number of piperazine rings is 2. The zero-order valence-corrected chi connectivity index (χ0v) is 48.0. The number of anilines is 1. The zero-order valence-electron chi connectivity index (χ0n) is 47.1. The Morgan fingerprint density at radius 2 is 1.75 bits per heavy atom. The summed E-state index contributed by atoms with van der Waals surface area (Å²) in [5.74, 6) is -1.39. The van der Waals surface area contributed by atoms with E-state index in [0.29, 0.717) is 117 Å². The van der Waals surface area contributed by atoms with E-state index in [4.69, 9.17) is 9.72 Å². The van der Waals surface area contributed by atoms with Crippen molar-refractivity contribution >= 4 is 68.4 Å². The predicted molar refractivity (Wildman–Crippen MR) is 310 cm³/mol. The number of phenols is 1. The number of aryl methyl sites for hydroxylation is 1. The number of allylic oxidation sites excluding steroid dienone is 2. The third-order valence-corrected chi connectivity index (χ3v) is 18.2. The number of unbranched alkanes of at least 4 members (excludes halogenated alkanes) is 1. The van der Waals surface area contributed by atoms with E-state index in [1.54, 1.807) is 24.0 Å². The van der Waals surface area contributed by atoms with Gasteiger partial charge in [-0.1, -0.05) is 52.0 Å². The molecule has 18 nitrogen and oxygen atoms in total. The zero-order chi connectivity index (χ0) is 57.1. The van der Waals surface area contributed by atoms with Crippen molar-refractivity contribution in [2.75, 3.05) is 70.4 Å². The number of carbonyl (C=O) groups is 4. The summed E-state index contributed by atoms with van der Waals surface area (Å²) in [7, 11) is 0. The maximum atomic E-state index is 17.1. The van der Waals surface area contributed by atoms with Crippen LogP contribution in [0.2, 0.25) is 0 Å². The van der Waals surface area contributed by atoms with Crippen molar-refractivity contribution in [3.05, 3.63) is 71.5 Å². The van der Waals surface area contributed by atoms with Crippen LogP contribution in [0.4, 0.5) is 14.6 Å². The van der Waals surface area contributed by atoms with Crippen LogP contribution in [-0.2, 0) is 25.6 Å². The predicted octanol–water partition coefficient (Wildman–Crippen LogP) is 6.45. The molecule has 2 aromatic carbocycles. The summed E-state index contributed by atoms with van der Waals surface area (Å²) in [4.78, 5) is 80.7. The average Bonchev–Trinajstić information content (AvgIpc) is 4.23. The quantitative estimate of drug-likeness (QED) is 0.0638. The molecular weight excluding hydrogens is 1060 g/mol. The van der Waals surface area contributed by atoms with Crippen LogP contribution in [0.25, 0.3) is 32.9 Å². The normalized spacial score (nSPS) is 24.3. The number of β-amino-alcohol motifs (C(OH)–C–C–N with tert-alkyl or cyclic N) is 1. The smallest absolute Gasteiger partial charge is 0.319 e. The van der Waals surface area contributed by atoms with Crippen LogP contribution in [0.3, 0.4) is 0 Å². The van der Waals surface area contributed by atoms with Crippen LogP contribution >= 0.6 is 11.8 Å². The minimum absolute atomic E-state index is 0.00789. The third-order valence-electron chi connectivity index (χ3n) is 16.9. The summed E-state index contributed by atoms with van der Waals surface area (Å²) in [5, 5.41) is 32.8. The first kappa shape index (κ1) is 57.9. The van der Waals surface area contributed by atoms with Gasteiger partial charge in [-0.15, -0.1) is 11.8 Å². The Morgan fingerprint density at radius 3 is 2.46 bits per heavy atom. The average molecular weight is 1130 g/mol. The molecule has 6 aliphatic rings. The van der Waals surface area contributed by atoms with E-state index in [1.807, 2.05) is 44.2 Å². The van der Waals surface area contributed by atoms with Crippen molar-refractivity contribution in [1.82, 2.24) is 45.6 Å². The molecule has 0 saturated carbocycles. The summed E-state index contributed by atoms with van der Waals surface area (Å²) in [6, 6.07) is 4.91. The third kappa shape index (κ3) is 13.2. The molecule has 7 heterocycles. The standard InChI is InChI=1S/C60H77F2N11O7S/c1-6-43-46(61)19-16-38-26-41(74)27-44(50(38)43)52-51(62)53-45(30-63-52)56(72-31-39-17-18-40(32-72)66-39)69-59(68-53)80-25-9-20-70-21-23-71(24-22-70)49(77)11-8-7-10-48(76)67-55(60(3,4)5)58(79)73-33-42(75)28-47(73)57(78)64-29-36-12-14-37(15-13-36)54-35(2)65-34-81-54/h12-14,16,19,26-27,30,34-35,37,39-40,42,47,54-55,66,74-75H,6-11,15,17-18,20-25,28-29,31-33H2,1-5H3,(H,64,78)(H,67,76)/t35?,37?,39?,40?,42-,47+,54?,55?/m1/s1. The Kier molecular flexibility index (Phi) is 17.9. The van der Waals surface area contributed by atoms with Gasteiger partial charge in [0.15, 0.2) is 5.82 Å². The highest BCUT2D eigenvalue weighted by Gasteiger charge is 2.45. The van der Waals surface area contributed by atoms with Crippen LogP contribution in [0.1, 0.15) is 98.0 Å². The van der Waals surface area contributed by atoms with E-state index in [9.17, 15) is 29.4 Å². The Hall–Kier alpha value is -6.29. The van der Waals surface area contributed by atoms with Crippen molar-refractivity contribution in [1.29, 1.82) is 0 Å². The number of nitrogens with zero attached hydrogens (tertiary/aromatic N) is 8. The Morgan fingerprint density at radius 1 is 0.988 bits per heavy atom. The number of fused-ring (bicyclic) bond motifs is 4. The SMILES string of the molecule is CCc1c(F)ccc2cc(O)cc(-c3ncc4c(N5CC6CCC(C5)N6)nc(OCCCN5CCN(C(=O)CCCCC(=O)NC(C(=O)N6C[C@H](O)C[C@H]6C(=O)NCC6=CCC(C7SC=NC7C)C=C6)C(C)(C)C)CC5)nc4c3F)c12. The molecule has 434 valence electrons. The molecule has 10 rings (SSSR count). The fraction of sp³-hybridized carbons (Fsp3) is 0.567. The monoisotopic (exact) mass is 1130 g/mol. The van der Waals surface area contributed by atoms with Crippen LogP contribution in [-0.4, -0.2) is 176 Å². The van der Waals surface area contributed by atoms with Gasteiger partial charge in [-0.3, -0.25) is 34.1 Å². The van der Waals surface area contributed by atoms with E-state index in [1.165, 1.54) is 23.1 Å². The summed E-state index contributed by atoms with van der Waals surface area (Å²) >= 11 is 1.76. The van der Waals surface area contributed by atoms with Gasteiger partial charge in [-0.25, -0.2) is 8.78 Å². The highest BCUT2D eigenvalue weighted by Crippen LogP contribution is 2.40. The van der Waals surface area contributed by atoms with Gasteiger partial charge >= 0.3 is 6.01 Å². The summed E-state index contributed by atoms with van der Waals surface area (Å²) < 4.78 is 38.4. The maximum Gasteiger partial charge on any atom is 0.319 e. The van der Waals surface area contributed by atoms with E-state index in [-0.39, 0.29) is 96.8 Å². The molecule has 81 heavy (non-hydrogen) atoms. The Bertz CT molecular complexity index is 3100. The van der Waals surface area contributed by atoms with Crippen molar-refractivity contribution in [3.63, 3.8) is 0 Å². The van der Waals surface area contributed by atoms with Gasteiger partial charge in [0.1, 0.15) is 40.7 Å². The number of likely N-dealkylation sites (tertiary alicyclic amines) is 1. The largest absolute Gasteiger partial charge is 0.508 e. The number of amides is 4. The number of hydrogen-bond acceptors (Lipinski definition) is 15. The number of aromatic nitrogens is 3. The Labute approximate surface area is 476 Å². The molecule has 2 bridgehead atoms. The number of halogens is 2. The van der Waals surface area contributed by atoms with Crippen LogP contribution in [0.15, 0.2) is 59.3 Å². The lowest BCUT2D eigenvalue weighted by atomic mass is 9.85.